The van der Waals surface area contributed by atoms with E-state index in [-0.39, 0.29) is 5.91 Å². The first-order chi connectivity index (χ1) is 10.0. The zero-order chi connectivity index (χ0) is 15.2. The summed E-state index contributed by atoms with van der Waals surface area (Å²) in [5, 5.41) is 2.99. The Morgan fingerprint density at radius 3 is 3.00 bits per heavy atom. The van der Waals surface area contributed by atoms with Crippen molar-refractivity contribution in [2.24, 2.45) is 5.92 Å². The zero-order valence-electron chi connectivity index (χ0n) is 12.9. The van der Waals surface area contributed by atoms with Gasteiger partial charge in [0.25, 0.3) is 0 Å². The molecule has 1 saturated heterocycles. The molecule has 2 rings (SSSR count). The molecule has 1 aromatic rings. The van der Waals surface area contributed by atoms with Crippen LogP contribution in [0.25, 0.3) is 6.08 Å². The second-order valence-corrected chi connectivity index (χ2v) is 5.99. The summed E-state index contributed by atoms with van der Waals surface area (Å²) < 4.78 is 0. The first-order valence-electron chi connectivity index (χ1n) is 7.60. The van der Waals surface area contributed by atoms with Gasteiger partial charge in [0.2, 0.25) is 5.91 Å². The molecule has 114 valence electrons. The maximum atomic E-state index is 11.8. The predicted molar refractivity (Wildman–Crippen MR) is 87.7 cm³/mol. The molecule has 4 nitrogen and oxygen atoms in total. The lowest BCUT2D eigenvalue weighted by atomic mass is 10.1. The van der Waals surface area contributed by atoms with Crippen LogP contribution in [0.5, 0.6) is 0 Å². The Hall–Kier alpha value is -1.81. The normalized spacial score (nSPS) is 19.5. The van der Waals surface area contributed by atoms with E-state index in [1.807, 2.05) is 24.3 Å². The Morgan fingerprint density at radius 2 is 2.33 bits per heavy atom. The largest absolute Gasteiger partial charge is 0.399 e. The fourth-order valence-electron chi connectivity index (χ4n) is 2.64. The number of nitrogens with zero attached hydrogens (tertiary/aromatic N) is 1. The molecule has 3 N–H and O–H groups in total. The Balaban J connectivity index is 1.75. The fourth-order valence-corrected chi connectivity index (χ4v) is 2.64. The number of nitrogens with two attached hydrogens (primary N) is 1. The maximum absolute atomic E-state index is 11.8. The molecule has 1 unspecified atom stereocenters. The third-order valence-corrected chi connectivity index (χ3v) is 3.95. The molecule has 0 spiro atoms. The van der Waals surface area contributed by atoms with Gasteiger partial charge in [0.05, 0.1) is 0 Å². The van der Waals surface area contributed by atoms with Gasteiger partial charge in [-0.1, -0.05) is 12.1 Å². The Morgan fingerprint density at radius 1 is 1.52 bits per heavy atom. The summed E-state index contributed by atoms with van der Waals surface area (Å²) >= 11 is 0. The van der Waals surface area contributed by atoms with E-state index in [4.69, 9.17) is 5.73 Å². The molecule has 1 heterocycles. The van der Waals surface area contributed by atoms with E-state index in [9.17, 15) is 4.79 Å². The number of rotatable bonds is 5. The number of anilines is 1. The molecule has 1 amide bonds. The lowest BCUT2D eigenvalue weighted by Gasteiger charge is -2.20. The van der Waals surface area contributed by atoms with Crippen LogP contribution in [0.4, 0.5) is 5.69 Å². The summed E-state index contributed by atoms with van der Waals surface area (Å²) in [5.41, 5.74) is 7.35. The summed E-state index contributed by atoms with van der Waals surface area (Å²) in [4.78, 5) is 14.3. The van der Waals surface area contributed by atoms with Crippen LogP contribution < -0.4 is 11.1 Å². The lowest BCUT2D eigenvalue weighted by molar-refractivity contribution is -0.116. The molecule has 0 aliphatic carbocycles. The second-order valence-electron chi connectivity index (χ2n) is 5.99. The zero-order valence-corrected chi connectivity index (χ0v) is 12.9. The number of carbonyl (C=O) groups is 1. The Bertz CT molecular complexity index is 511. The van der Waals surface area contributed by atoms with Crippen LogP contribution >= 0.6 is 0 Å². The summed E-state index contributed by atoms with van der Waals surface area (Å²) in [6.07, 6.45) is 4.53. The van der Waals surface area contributed by atoms with Crippen molar-refractivity contribution in [2.45, 2.75) is 26.3 Å². The highest BCUT2D eigenvalue weighted by Gasteiger charge is 2.23. The fraction of sp³-hybridized carbons (Fsp3) is 0.471. The third kappa shape index (κ3) is 4.90. The molecular formula is C17H25N3O. The number of nitrogens with one attached hydrogen (secondary N) is 1. The van der Waals surface area contributed by atoms with Gasteiger partial charge in [0.15, 0.2) is 0 Å². The monoisotopic (exact) mass is 287 g/mol. The number of carbonyl (C=O) groups excluding carboxylic acids is 1. The Kier molecular flexibility index (Phi) is 5.39. The smallest absolute Gasteiger partial charge is 0.244 e. The summed E-state index contributed by atoms with van der Waals surface area (Å²) in [6, 6.07) is 8.08. The van der Waals surface area contributed by atoms with Crippen molar-refractivity contribution in [3.05, 3.63) is 35.9 Å². The van der Waals surface area contributed by atoms with Gasteiger partial charge in [-0.25, -0.2) is 0 Å². The highest BCUT2D eigenvalue weighted by atomic mass is 16.1. The van der Waals surface area contributed by atoms with Gasteiger partial charge in [-0.15, -0.1) is 0 Å². The highest BCUT2D eigenvalue weighted by Crippen LogP contribution is 2.17. The summed E-state index contributed by atoms with van der Waals surface area (Å²) in [6.45, 7) is 7.40. The van der Waals surface area contributed by atoms with Crippen molar-refractivity contribution in [3.8, 4) is 0 Å². The molecule has 21 heavy (non-hydrogen) atoms. The minimum Gasteiger partial charge on any atom is -0.399 e. The van der Waals surface area contributed by atoms with Gasteiger partial charge in [0.1, 0.15) is 0 Å². The van der Waals surface area contributed by atoms with E-state index in [1.165, 1.54) is 0 Å². The second kappa shape index (κ2) is 7.27. The van der Waals surface area contributed by atoms with Gasteiger partial charge in [0, 0.05) is 30.9 Å². The van der Waals surface area contributed by atoms with Gasteiger partial charge < -0.3 is 16.0 Å². The van der Waals surface area contributed by atoms with Crippen LogP contribution in [-0.4, -0.2) is 36.5 Å². The van der Waals surface area contributed by atoms with Crippen LogP contribution in [0.3, 0.4) is 0 Å². The van der Waals surface area contributed by atoms with Crippen LogP contribution in [0.15, 0.2) is 30.3 Å². The number of hydrogen-bond acceptors (Lipinski definition) is 3. The number of benzene rings is 1. The number of nitrogen functional groups attached to an aromatic ring is 1. The van der Waals surface area contributed by atoms with Crippen molar-refractivity contribution in [2.75, 3.05) is 25.4 Å². The molecular weight excluding hydrogens is 262 g/mol. The van der Waals surface area contributed by atoms with Crippen LogP contribution in [0.2, 0.25) is 0 Å². The average Bonchev–Trinajstić information content (AvgIpc) is 2.92. The van der Waals surface area contributed by atoms with E-state index in [2.05, 4.69) is 24.1 Å². The van der Waals surface area contributed by atoms with E-state index >= 15 is 0 Å². The molecule has 0 radical (unpaired) electrons. The van der Waals surface area contributed by atoms with Crippen LogP contribution in [0.1, 0.15) is 25.8 Å². The average molecular weight is 287 g/mol. The van der Waals surface area contributed by atoms with Gasteiger partial charge in [-0.2, -0.15) is 0 Å². The minimum absolute atomic E-state index is 0.0413. The van der Waals surface area contributed by atoms with Gasteiger partial charge in [-0.3, -0.25) is 4.79 Å². The van der Waals surface area contributed by atoms with Crippen molar-refractivity contribution < 1.29 is 4.79 Å². The topological polar surface area (TPSA) is 58.4 Å². The number of amides is 1. The molecule has 1 aliphatic heterocycles. The predicted octanol–water partition coefficient (Wildman–Crippen LogP) is 2.13. The van der Waals surface area contributed by atoms with Gasteiger partial charge >= 0.3 is 0 Å². The molecule has 0 saturated carbocycles. The molecule has 0 aromatic heterocycles. The summed E-state index contributed by atoms with van der Waals surface area (Å²) in [5.74, 6) is 0.526. The van der Waals surface area contributed by atoms with E-state index in [1.54, 1.807) is 12.2 Å². The quantitative estimate of drug-likeness (QED) is 0.644. The lowest BCUT2D eigenvalue weighted by Crippen LogP contribution is -2.32. The molecule has 1 fully saturated rings. The molecule has 1 aliphatic rings. The van der Waals surface area contributed by atoms with E-state index in [0.29, 0.717) is 17.6 Å². The molecule has 1 atom stereocenters. The van der Waals surface area contributed by atoms with Crippen LogP contribution in [-0.2, 0) is 4.79 Å². The first kappa shape index (κ1) is 15.6. The minimum atomic E-state index is -0.0413. The maximum Gasteiger partial charge on any atom is 0.244 e. The van der Waals surface area contributed by atoms with Crippen molar-refractivity contribution >= 4 is 17.7 Å². The van der Waals surface area contributed by atoms with Crippen molar-refractivity contribution in [3.63, 3.8) is 0 Å². The van der Waals surface area contributed by atoms with E-state index < -0.39 is 0 Å². The van der Waals surface area contributed by atoms with Gasteiger partial charge in [-0.05, 0) is 56.5 Å². The summed E-state index contributed by atoms with van der Waals surface area (Å²) in [7, 11) is 0. The van der Waals surface area contributed by atoms with E-state index in [0.717, 1.165) is 31.6 Å². The highest BCUT2D eigenvalue weighted by molar-refractivity contribution is 5.91. The molecule has 4 heteroatoms. The molecule has 1 aromatic carbocycles. The third-order valence-electron chi connectivity index (χ3n) is 3.95. The SMILES string of the molecule is CC(C)N1CCC(CNC(=O)/C=C/c2cccc(N)c2)C1. The molecule has 0 bridgehead atoms. The Labute approximate surface area is 127 Å². The number of hydrogen-bond donors (Lipinski definition) is 2. The van der Waals surface area contributed by atoms with Crippen LogP contribution in [0, 0.1) is 5.92 Å². The standard InChI is InChI=1S/C17H25N3O/c1-13(2)20-9-8-15(12-20)11-19-17(21)7-6-14-4-3-5-16(18)10-14/h3-7,10,13,15H,8-9,11-12,18H2,1-2H3,(H,19,21)/b7-6+. The first-order valence-corrected chi connectivity index (χ1v) is 7.60. The van der Waals surface area contributed by atoms with Crippen molar-refractivity contribution in [1.82, 2.24) is 10.2 Å². The van der Waals surface area contributed by atoms with Crippen molar-refractivity contribution in [1.29, 1.82) is 0 Å². The number of likely N-dealkylation sites (tertiary alicyclic amines) is 1.